The average molecular weight is 475 g/mol. The first kappa shape index (κ1) is 22.0. The molecule has 0 unspecified atom stereocenters. The molecule has 9 heteroatoms. The molecule has 1 amide bonds. The Balaban J connectivity index is 1.71. The van der Waals surface area contributed by atoms with E-state index in [9.17, 15) is 9.59 Å². The number of carbonyl (C=O) groups is 1. The Hall–Kier alpha value is -3.82. The number of nitrogens with one attached hydrogen (secondary N) is 1. The topological polar surface area (TPSA) is 99.2 Å². The summed E-state index contributed by atoms with van der Waals surface area (Å²) in [6.07, 6.45) is 2.21. The lowest BCUT2D eigenvalue weighted by Crippen LogP contribution is -2.25. The Bertz CT molecular complexity index is 1540. The lowest BCUT2D eigenvalue weighted by molar-refractivity contribution is -0.115. The van der Waals surface area contributed by atoms with Crippen molar-refractivity contribution in [1.82, 2.24) is 14.5 Å². The fraction of sp³-hybridized carbons (Fsp3) is 0.200. The summed E-state index contributed by atoms with van der Waals surface area (Å²) < 4.78 is 13.1. The highest BCUT2D eigenvalue weighted by Gasteiger charge is 2.20. The third-order valence-corrected chi connectivity index (χ3v) is 6.41. The maximum atomic E-state index is 13.1. The summed E-state index contributed by atoms with van der Waals surface area (Å²) in [6, 6.07) is 13.1. The van der Waals surface area contributed by atoms with Gasteiger partial charge >= 0.3 is 5.69 Å². The van der Waals surface area contributed by atoms with E-state index in [0.717, 1.165) is 21.4 Å². The van der Waals surface area contributed by atoms with Gasteiger partial charge in [0.1, 0.15) is 16.8 Å². The fourth-order valence-electron chi connectivity index (χ4n) is 3.87. The van der Waals surface area contributed by atoms with E-state index >= 15 is 0 Å². The SMILES string of the molecule is CCC(=O)Nc1ccc(-c2nc(=O)n(CCOC)c3c2oc2ccc(-c4cncs4)cc23)cc1. The number of benzene rings is 2. The van der Waals surface area contributed by atoms with Gasteiger partial charge in [0.25, 0.3) is 0 Å². The highest BCUT2D eigenvalue weighted by molar-refractivity contribution is 7.13. The first-order valence-corrected chi connectivity index (χ1v) is 11.7. The van der Waals surface area contributed by atoms with Crippen LogP contribution in [0.1, 0.15) is 13.3 Å². The van der Waals surface area contributed by atoms with Crippen LogP contribution in [-0.4, -0.2) is 34.2 Å². The molecule has 0 bridgehead atoms. The van der Waals surface area contributed by atoms with Gasteiger partial charge in [-0.1, -0.05) is 19.1 Å². The minimum absolute atomic E-state index is 0.0666. The molecule has 1 N–H and O–H groups in total. The molecule has 0 atom stereocenters. The molecule has 0 radical (unpaired) electrons. The van der Waals surface area contributed by atoms with E-state index in [0.29, 0.717) is 47.6 Å². The number of furan rings is 1. The number of rotatable bonds is 7. The second-order valence-electron chi connectivity index (χ2n) is 7.72. The molecule has 172 valence electrons. The van der Waals surface area contributed by atoms with Crippen molar-refractivity contribution >= 4 is 45.0 Å². The van der Waals surface area contributed by atoms with Gasteiger partial charge < -0.3 is 14.5 Å². The number of anilines is 1. The summed E-state index contributed by atoms with van der Waals surface area (Å²) in [5.74, 6) is -0.0666. The predicted molar refractivity (Wildman–Crippen MR) is 133 cm³/mol. The maximum absolute atomic E-state index is 13.1. The van der Waals surface area contributed by atoms with Gasteiger partial charge in [-0.2, -0.15) is 4.98 Å². The van der Waals surface area contributed by atoms with Gasteiger partial charge in [-0.05, 0) is 35.9 Å². The van der Waals surface area contributed by atoms with Gasteiger partial charge in [0.2, 0.25) is 5.91 Å². The molecule has 3 heterocycles. The number of nitrogens with zero attached hydrogens (tertiary/aromatic N) is 3. The van der Waals surface area contributed by atoms with Gasteiger partial charge in [-0.25, -0.2) is 4.79 Å². The van der Waals surface area contributed by atoms with Crippen LogP contribution < -0.4 is 11.0 Å². The molecule has 3 aromatic heterocycles. The Morgan fingerprint density at radius 3 is 2.68 bits per heavy atom. The summed E-state index contributed by atoms with van der Waals surface area (Å²) in [4.78, 5) is 34.4. The number of aromatic nitrogens is 3. The summed E-state index contributed by atoms with van der Waals surface area (Å²) in [7, 11) is 1.60. The monoisotopic (exact) mass is 474 g/mol. The van der Waals surface area contributed by atoms with E-state index in [1.54, 1.807) is 47.6 Å². The van der Waals surface area contributed by atoms with Gasteiger partial charge in [-0.15, -0.1) is 11.3 Å². The van der Waals surface area contributed by atoms with E-state index in [1.165, 1.54) is 0 Å². The van der Waals surface area contributed by atoms with Crippen molar-refractivity contribution < 1.29 is 13.9 Å². The predicted octanol–water partition coefficient (Wildman–Crippen LogP) is 4.93. The van der Waals surface area contributed by atoms with Crippen LogP contribution in [0.3, 0.4) is 0 Å². The van der Waals surface area contributed by atoms with Crippen LogP contribution in [-0.2, 0) is 16.1 Å². The molecular weight excluding hydrogens is 452 g/mol. The van der Waals surface area contributed by atoms with Crippen molar-refractivity contribution in [3.8, 4) is 21.7 Å². The second kappa shape index (κ2) is 9.20. The minimum Gasteiger partial charge on any atom is -0.452 e. The first-order chi connectivity index (χ1) is 16.6. The smallest absolute Gasteiger partial charge is 0.348 e. The zero-order chi connectivity index (χ0) is 23.7. The fourth-order valence-corrected chi connectivity index (χ4v) is 4.49. The van der Waals surface area contributed by atoms with Crippen molar-refractivity contribution in [2.75, 3.05) is 19.0 Å². The number of amides is 1. The summed E-state index contributed by atoms with van der Waals surface area (Å²) in [6.45, 7) is 2.51. The van der Waals surface area contributed by atoms with Gasteiger partial charge in [0, 0.05) is 36.4 Å². The molecule has 0 saturated carbocycles. The maximum Gasteiger partial charge on any atom is 0.348 e. The third kappa shape index (κ3) is 4.00. The molecule has 8 nitrogen and oxygen atoms in total. The van der Waals surface area contributed by atoms with Gasteiger partial charge in [0.15, 0.2) is 5.58 Å². The number of fused-ring (bicyclic) bond motifs is 3. The van der Waals surface area contributed by atoms with Crippen molar-refractivity contribution in [2.24, 2.45) is 0 Å². The van der Waals surface area contributed by atoms with Gasteiger partial charge in [-0.3, -0.25) is 14.3 Å². The molecule has 34 heavy (non-hydrogen) atoms. The molecule has 5 rings (SSSR count). The zero-order valence-electron chi connectivity index (χ0n) is 18.7. The van der Waals surface area contributed by atoms with Crippen molar-refractivity contribution in [3.05, 3.63) is 64.7 Å². The van der Waals surface area contributed by atoms with E-state index in [-0.39, 0.29) is 11.6 Å². The van der Waals surface area contributed by atoms with Crippen molar-refractivity contribution in [2.45, 2.75) is 19.9 Å². The Kier molecular flexibility index (Phi) is 5.95. The molecule has 0 aliphatic rings. The number of hydrogen-bond donors (Lipinski definition) is 1. The molecule has 5 aromatic rings. The van der Waals surface area contributed by atoms with Crippen LogP contribution in [0.5, 0.6) is 0 Å². The lowest BCUT2D eigenvalue weighted by Gasteiger charge is -2.10. The van der Waals surface area contributed by atoms with Crippen LogP contribution in [0.25, 0.3) is 43.8 Å². The normalized spacial score (nSPS) is 11.4. The highest BCUT2D eigenvalue weighted by Crippen LogP contribution is 2.36. The minimum atomic E-state index is -0.381. The van der Waals surface area contributed by atoms with Crippen LogP contribution in [0.4, 0.5) is 5.69 Å². The van der Waals surface area contributed by atoms with E-state index in [1.807, 2.05) is 36.5 Å². The van der Waals surface area contributed by atoms with Crippen LogP contribution >= 0.6 is 11.3 Å². The van der Waals surface area contributed by atoms with E-state index in [2.05, 4.69) is 15.3 Å². The summed E-state index contributed by atoms with van der Waals surface area (Å²) in [5, 5.41) is 3.65. The molecule has 0 spiro atoms. The number of hydrogen-bond acceptors (Lipinski definition) is 7. The standard InChI is InChI=1S/C25H22N4O4S/c1-3-21(30)27-17-7-4-15(5-8-17)22-24-23(29(10-11-32-2)25(31)28-22)18-12-16(6-9-19(18)33-24)20-13-26-14-34-20/h4-9,12-14H,3,10-11H2,1-2H3,(H,27,30). The number of carbonyl (C=O) groups excluding carboxylic acids is 1. The van der Waals surface area contributed by atoms with Gasteiger partial charge in [0.05, 0.1) is 23.5 Å². The van der Waals surface area contributed by atoms with Crippen LogP contribution in [0.15, 0.2) is 63.4 Å². The van der Waals surface area contributed by atoms with E-state index < -0.39 is 0 Å². The molecule has 0 aliphatic heterocycles. The molecule has 0 fully saturated rings. The Morgan fingerprint density at radius 1 is 1.18 bits per heavy atom. The quantitative estimate of drug-likeness (QED) is 0.359. The number of methoxy groups -OCH3 is 1. The first-order valence-electron chi connectivity index (χ1n) is 10.8. The Morgan fingerprint density at radius 2 is 1.97 bits per heavy atom. The zero-order valence-corrected chi connectivity index (χ0v) is 19.5. The second-order valence-corrected chi connectivity index (χ2v) is 8.61. The summed E-state index contributed by atoms with van der Waals surface area (Å²) in [5.41, 5.74) is 6.13. The van der Waals surface area contributed by atoms with Crippen LogP contribution in [0, 0.1) is 0 Å². The van der Waals surface area contributed by atoms with Crippen molar-refractivity contribution in [1.29, 1.82) is 0 Å². The van der Waals surface area contributed by atoms with E-state index in [4.69, 9.17) is 9.15 Å². The van der Waals surface area contributed by atoms with Crippen LogP contribution in [0.2, 0.25) is 0 Å². The largest absolute Gasteiger partial charge is 0.452 e. The lowest BCUT2D eigenvalue weighted by atomic mass is 10.1. The third-order valence-electron chi connectivity index (χ3n) is 5.58. The molecular formula is C25H22N4O4S. The molecule has 0 aliphatic carbocycles. The molecule has 0 saturated heterocycles. The highest BCUT2D eigenvalue weighted by atomic mass is 32.1. The number of thiazole rings is 1. The molecule has 2 aromatic carbocycles. The van der Waals surface area contributed by atoms with Crippen molar-refractivity contribution in [3.63, 3.8) is 0 Å². The summed E-state index contributed by atoms with van der Waals surface area (Å²) >= 11 is 1.55. The average Bonchev–Trinajstić information content (AvgIpc) is 3.52. The Labute approximate surface area is 198 Å². The number of ether oxygens (including phenoxy) is 1.